The molecule has 3 atom stereocenters. The van der Waals surface area contributed by atoms with E-state index in [-0.39, 0.29) is 23.7 Å². The van der Waals surface area contributed by atoms with Crippen LogP contribution in [0.1, 0.15) is 49.0 Å². The quantitative estimate of drug-likeness (QED) is 0.480. The molecule has 3 aromatic rings. The number of nitrogens with zero attached hydrogens (tertiary/aromatic N) is 6. The van der Waals surface area contributed by atoms with E-state index in [1.54, 1.807) is 11.6 Å². The molecule has 10 heteroatoms. The Bertz CT molecular complexity index is 1420. The van der Waals surface area contributed by atoms with Crippen molar-refractivity contribution in [1.29, 1.82) is 0 Å². The van der Waals surface area contributed by atoms with E-state index in [4.69, 9.17) is 9.84 Å². The number of aromatic nitrogens is 4. The summed E-state index contributed by atoms with van der Waals surface area (Å²) in [6.07, 6.45) is 4.70. The SMILES string of the molecule is CC(=O)N1CCc2c(c(N3CC(CC(F)F)Cc4cc(-c5cnn(C)c5)ccc43)nn2C2C[C@@]23CCOC3)C1. The number of aryl methyl sites for hydroxylation is 1. The number of ether oxygens (including phenoxy) is 1. The van der Waals surface area contributed by atoms with Crippen molar-refractivity contribution in [1.82, 2.24) is 24.5 Å². The minimum Gasteiger partial charge on any atom is -0.381 e. The molecule has 1 saturated heterocycles. The topological polar surface area (TPSA) is 68.4 Å². The van der Waals surface area contributed by atoms with Gasteiger partial charge in [0.2, 0.25) is 12.3 Å². The van der Waals surface area contributed by atoms with Crippen molar-refractivity contribution in [2.24, 2.45) is 18.4 Å². The van der Waals surface area contributed by atoms with Crippen LogP contribution in [0, 0.1) is 11.3 Å². The number of alkyl halides is 2. The molecule has 2 unspecified atom stereocenters. The van der Waals surface area contributed by atoms with Crippen LogP contribution in [-0.2, 0) is 36.0 Å². The van der Waals surface area contributed by atoms with E-state index in [0.29, 0.717) is 32.1 Å². The van der Waals surface area contributed by atoms with Crippen LogP contribution in [-0.4, -0.2) is 63.1 Å². The molecular weight excluding hydrogens is 502 g/mol. The fraction of sp³-hybridized carbons (Fsp3) is 0.552. The van der Waals surface area contributed by atoms with Crippen molar-refractivity contribution in [2.45, 2.75) is 58.0 Å². The fourth-order valence-corrected chi connectivity index (χ4v) is 7.00. The van der Waals surface area contributed by atoms with Gasteiger partial charge in [-0.25, -0.2) is 8.78 Å². The number of hydrogen-bond donors (Lipinski definition) is 0. The molecule has 2 fully saturated rings. The van der Waals surface area contributed by atoms with Crippen molar-refractivity contribution >= 4 is 17.4 Å². The Morgan fingerprint density at radius 1 is 1.28 bits per heavy atom. The summed E-state index contributed by atoms with van der Waals surface area (Å²) < 4.78 is 37.1. The van der Waals surface area contributed by atoms with Gasteiger partial charge in [-0.1, -0.05) is 6.07 Å². The maximum atomic E-state index is 13.7. The molecule has 8 nitrogen and oxygen atoms in total. The van der Waals surface area contributed by atoms with Gasteiger partial charge in [0.25, 0.3) is 0 Å². The van der Waals surface area contributed by atoms with E-state index < -0.39 is 6.43 Å². The smallest absolute Gasteiger partial charge is 0.239 e. The van der Waals surface area contributed by atoms with E-state index in [1.807, 2.05) is 24.3 Å². The van der Waals surface area contributed by atoms with Gasteiger partial charge in [0.1, 0.15) is 0 Å². The summed E-state index contributed by atoms with van der Waals surface area (Å²) in [6, 6.07) is 6.58. The van der Waals surface area contributed by atoms with Gasteiger partial charge in [-0.2, -0.15) is 10.2 Å². The number of carbonyl (C=O) groups is 1. The fourth-order valence-electron chi connectivity index (χ4n) is 7.00. The van der Waals surface area contributed by atoms with Crippen molar-refractivity contribution < 1.29 is 18.3 Å². The maximum Gasteiger partial charge on any atom is 0.239 e. The molecule has 206 valence electrons. The molecule has 7 rings (SSSR count). The van der Waals surface area contributed by atoms with Crippen LogP contribution in [0.3, 0.4) is 0 Å². The lowest BCUT2D eigenvalue weighted by Crippen LogP contribution is -2.37. The average Bonchev–Trinajstić information content (AvgIpc) is 3.27. The highest BCUT2D eigenvalue weighted by Crippen LogP contribution is 2.62. The van der Waals surface area contributed by atoms with Crippen molar-refractivity contribution in [3.05, 3.63) is 47.4 Å². The molecule has 1 aliphatic carbocycles. The molecule has 3 aliphatic heterocycles. The second kappa shape index (κ2) is 9.15. The predicted octanol–water partition coefficient (Wildman–Crippen LogP) is 4.51. The summed E-state index contributed by atoms with van der Waals surface area (Å²) in [5.74, 6) is 0.652. The van der Waals surface area contributed by atoms with Crippen LogP contribution in [0.15, 0.2) is 30.6 Å². The van der Waals surface area contributed by atoms with Crippen molar-refractivity contribution in [3.8, 4) is 11.1 Å². The van der Waals surface area contributed by atoms with Gasteiger partial charge in [0, 0.05) is 80.6 Å². The zero-order valence-electron chi connectivity index (χ0n) is 22.4. The highest BCUT2D eigenvalue weighted by Gasteiger charge is 2.59. The third kappa shape index (κ3) is 4.23. The van der Waals surface area contributed by atoms with Crippen LogP contribution in [0.4, 0.5) is 20.3 Å². The molecule has 2 aromatic heterocycles. The highest BCUT2D eigenvalue weighted by atomic mass is 19.3. The van der Waals surface area contributed by atoms with Gasteiger partial charge in [-0.3, -0.25) is 14.2 Å². The van der Waals surface area contributed by atoms with Gasteiger partial charge in [-0.15, -0.1) is 0 Å². The summed E-state index contributed by atoms with van der Waals surface area (Å²) >= 11 is 0. The van der Waals surface area contributed by atoms with Crippen LogP contribution in [0.2, 0.25) is 0 Å². The number of hydrogen-bond acceptors (Lipinski definition) is 5. The highest BCUT2D eigenvalue weighted by molar-refractivity contribution is 5.76. The molecule has 1 amide bonds. The second-order valence-electron chi connectivity index (χ2n) is 11.8. The molecule has 4 aliphatic rings. The van der Waals surface area contributed by atoms with Gasteiger partial charge >= 0.3 is 0 Å². The summed E-state index contributed by atoms with van der Waals surface area (Å²) in [7, 11) is 1.88. The molecule has 0 bridgehead atoms. The van der Waals surface area contributed by atoms with E-state index in [0.717, 1.165) is 66.2 Å². The number of fused-ring (bicyclic) bond motifs is 2. The molecule has 5 heterocycles. The van der Waals surface area contributed by atoms with E-state index >= 15 is 0 Å². The Morgan fingerprint density at radius 2 is 2.15 bits per heavy atom. The first-order chi connectivity index (χ1) is 18.8. The minimum absolute atomic E-state index is 0.0437. The van der Waals surface area contributed by atoms with E-state index in [2.05, 4.69) is 32.9 Å². The molecule has 1 saturated carbocycles. The summed E-state index contributed by atoms with van der Waals surface area (Å²) in [6.45, 7) is 4.81. The van der Waals surface area contributed by atoms with Crippen molar-refractivity contribution in [3.63, 3.8) is 0 Å². The van der Waals surface area contributed by atoms with Crippen molar-refractivity contribution in [2.75, 3.05) is 31.2 Å². The molecule has 39 heavy (non-hydrogen) atoms. The Morgan fingerprint density at radius 3 is 2.87 bits per heavy atom. The standard InChI is InChI=1S/C29H34F2N6O2/c1-18(38)35-7-5-25-23(16-35)28(33-37(25)26-12-29(26)6-8-39-17-29)36-14-19(10-27(30)31)9-21-11-20(3-4-24(21)36)22-13-32-34(2)15-22/h3-4,11,13,15,19,26-27H,5-10,12,14,16-17H2,1-2H3/t19?,26?,29-/m1/s1. The molecule has 1 spiro atoms. The number of benzene rings is 1. The van der Waals surface area contributed by atoms with Crippen LogP contribution >= 0.6 is 0 Å². The monoisotopic (exact) mass is 536 g/mol. The Kier molecular flexibility index (Phi) is 5.80. The number of halogens is 2. The molecule has 0 N–H and O–H groups in total. The number of carbonyl (C=O) groups excluding carboxylic acids is 1. The minimum atomic E-state index is -2.37. The molecular formula is C29H34F2N6O2. The lowest BCUT2D eigenvalue weighted by Gasteiger charge is -2.36. The normalized spacial score (nSPS) is 25.9. The first kappa shape index (κ1) is 24.7. The first-order valence-electron chi connectivity index (χ1n) is 13.9. The van der Waals surface area contributed by atoms with Gasteiger partial charge in [-0.05, 0) is 48.4 Å². The third-order valence-electron chi connectivity index (χ3n) is 9.21. The third-order valence-corrected chi connectivity index (χ3v) is 9.21. The van der Waals surface area contributed by atoms with Crippen LogP contribution in [0.25, 0.3) is 11.1 Å². The number of anilines is 2. The first-order valence-corrected chi connectivity index (χ1v) is 13.9. The number of amides is 1. The Balaban J connectivity index is 1.32. The molecule has 1 aromatic carbocycles. The predicted molar refractivity (Wildman–Crippen MR) is 142 cm³/mol. The maximum absolute atomic E-state index is 13.7. The van der Waals surface area contributed by atoms with Gasteiger partial charge in [0.15, 0.2) is 5.82 Å². The lowest BCUT2D eigenvalue weighted by atomic mass is 9.88. The Labute approximate surface area is 226 Å². The van der Waals surface area contributed by atoms with Gasteiger partial charge < -0.3 is 14.5 Å². The largest absolute Gasteiger partial charge is 0.381 e. The zero-order chi connectivity index (χ0) is 26.9. The number of rotatable bonds is 5. The van der Waals surface area contributed by atoms with E-state index in [1.165, 1.54) is 5.69 Å². The van der Waals surface area contributed by atoms with E-state index in [9.17, 15) is 13.6 Å². The summed E-state index contributed by atoms with van der Waals surface area (Å²) in [5.41, 5.74) is 6.47. The average molecular weight is 537 g/mol. The Hall–Kier alpha value is -3.27. The summed E-state index contributed by atoms with van der Waals surface area (Å²) in [4.78, 5) is 16.4. The van der Waals surface area contributed by atoms with Crippen LogP contribution in [0.5, 0.6) is 0 Å². The molecule has 0 radical (unpaired) electrons. The lowest BCUT2D eigenvalue weighted by molar-refractivity contribution is -0.129. The zero-order valence-corrected chi connectivity index (χ0v) is 22.4. The summed E-state index contributed by atoms with van der Waals surface area (Å²) in [5, 5.41) is 9.53. The van der Waals surface area contributed by atoms with Crippen LogP contribution < -0.4 is 4.90 Å². The van der Waals surface area contributed by atoms with Gasteiger partial charge in [0.05, 0.1) is 25.4 Å². The second-order valence-corrected chi connectivity index (χ2v) is 11.8.